The highest BCUT2D eigenvalue weighted by atomic mass is 32.2. The van der Waals surface area contributed by atoms with Gasteiger partial charge in [-0.1, -0.05) is 0 Å². The van der Waals surface area contributed by atoms with Crippen molar-refractivity contribution in [2.24, 2.45) is 4.99 Å². The largest absolute Gasteiger partial charge is 0.467 e. The number of rotatable bonds is 4. The van der Waals surface area contributed by atoms with Crippen molar-refractivity contribution in [2.75, 3.05) is 13.7 Å². The van der Waals surface area contributed by atoms with Gasteiger partial charge in [-0.05, 0) is 44.7 Å². The molecular weight excluding hydrogens is 344 g/mol. The van der Waals surface area contributed by atoms with Crippen LogP contribution in [0.4, 0.5) is 0 Å². The predicted octanol–water partition coefficient (Wildman–Crippen LogP) is 2.98. The molecule has 0 aliphatic carbocycles. The zero-order valence-corrected chi connectivity index (χ0v) is 15.2. The first-order valence-electron chi connectivity index (χ1n) is 7.75. The number of furan rings is 1. The monoisotopic (exact) mass is 362 g/mol. The molecule has 2 aliphatic rings. The number of thioether (sulfide) groups is 1. The van der Waals surface area contributed by atoms with Gasteiger partial charge in [-0.2, -0.15) is 0 Å². The van der Waals surface area contributed by atoms with E-state index in [9.17, 15) is 9.59 Å². The molecule has 8 heteroatoms. The second-order valence-corrected chi connectivity index (χ2v) is 6.39. The Balaban J connectivity index is 2.12. The Labute approximate surface area is 149 Å². The normalized spacial score (nSPS) is 19.8. The van der Waals surface area contributed by atoms with E-state index in [2.05, 4.69) is 4.99 Å². The number of carbonyl (C=O) groups is 2. The molecule has 2 aliphatic heterocycles. The molecule has 0 spiro atoms. The summed E-state index contributed by atoms with van der Waals surface area (Å²) in [6.07, 6.45) is 1.54. The van der Waals surface area contributed by atoms with Crippen LogP contribution in [0.3, 0.4) is 0 Å². The van der Waals surface area contributed by atoms with Crippen LogP contribution in [0.1, 0.15) is 32.6 Å². The smallest absolute Gasteiger partial charge is 0.346 e. The van der Waals surface area contributed by atoms with Gasteiger partial charge >= 0.3 is 11.9 Å². The zero-order valence-electron chi connectivity index (χ0n) is 14.4. The van der Waals surface area contributed by atoms with Crippen molar-refractivity contribution in [3.8, 4) is 0 Å². The summed E-state index contributed by atoms with van der Waals surface area (Å²) >= 11 is 1.23. The van der Waals surface area contributed by atoms with Gasteiger partial charge in [0.2, 0.25) is 0 Å². The number of fused-ring (bicyclic) bond motifs is 1. The molecule has 25 heavy (non-hydrogen) atoms. The SMILES string of the molecule is CCOC(=O)C1=C(C)N2C(=NC(C)=C(C(=O)OC)[C@H]2c2ccco2)S1. The van der Waals surface area contributed by atoms with Gasteiger partial charge in [0.05, 0.1) is 31.2 Å². The summed E-state index contributed by atoms with van der Waals surface area (Å²) in [4.78, 5) is 31.4. The maximum absolute atomic E-state index is 12.4. The molecule has 0 unspecified atom stereocenters. The van der Waals surface area contributed by atoms with Gasteiger partial charge in [-0.25, -0.2) is 14.6 Å². The van der Waals surface area contributed by atoms with Crippen LogP contribution in [0.25, 0.3) is 0 Å². The Bertz CT molecular complexity index is 807. The van der Waals surface area contributed by atoms with E-state index in [0.29, 0.717) is 32.8 Å². The van der Waals surface area contributed by atoms with Crippen LogP contribution in [0.5, 0.6) is 0 Å². The van der Waals surface area contributed by atoms with Crippen LogP contribution < -0.4 is 0 Å². The highest BCUT2D eigenvalue weighted by molar-refractivity contribution is 8.18. The Morgan fingerprint density at radius 1 is 1.36 bits per heavy atom. The molecule has 0 bridgehead atoms. The van der Waals surface area contributed by atoms with Gasteiger partial charge in [-0.3, -0.25) is 0 Å². The highest BCUT2D eigenvalue weighted by Gasteiger charge is 2.44. The van der Waals surface area contributed by atoms with E-state index < -0.39 is 18.0 Å². The predicted molar refractivity (Wildman–Crippen MR) is 92.4 cm³/mol. The van der Waals surface area contributed by atoms with E-state index in [1.54, 1.807) is 39.2 Å². The van der Waals surface area contributed by atoms with Crippen LogP contribution in [-0.2, 0) is 19.1 Å². The third kappa shape index (κ3) is 2.86. The van der Waals surface area contributed by atoms with Crippen molar-refractivity contribution in [3.63, 3.8) is 0 Å². The molecule has 7 nitrogen and oxygen atoms in total. The maximum Gasteiger partial charge on any atom is 0.346 e. The summed E-state index contributed by atoms with van der Waals surface area (Å²) in [6.45, 7) is 5.58. The molecule has 0 amide bonds. The van der Waals surface area contributed by atoms with E-state index in [4.69, 9.17) is 13.9 Å². The average Bonchev–Trinajstić information content (AvgIpc) is 3.22. The summed E-state index contributed by atoms with van der Waals surface area (Å²) in [5.74, 6) is -0.321. The van der Waals surface area contributed by atoms with Gasteiger partial charge in [0.1, 0.15) is 16.7 Å². The Kier molecular flexibility index (Phi) is 4.71. The van der Waals surface area contributed by atoms with E-state index in [-0.39, 0.29) is 6.61 Å². The number of allylic oxidation sites excluding steroid dienone is 2. The first kappa shape index (κ1) is 17.3. The van der Waals surface area contributed by atoms with E-state index in [0.717, 1.165) is 0 Å². The average molecular weight is 362 g/mol. The van der Waals surface area contributed by atoms with Gasteiger partial charge in [0, 0.05) is 5.70 Å². The first-order chi connectivity index (χ1) is 12.0. The Morgan fingerprint density at radius 2 is 2.12 bits per heavy atom. The number of carbonyl (C=O) groups excluding carboxylic acids is 2. The van der Waals surface area contributed by atoms with Gasteiger partial charge in [-0.15, -0.1) is 0 Å². The summed E-state index contributed by atoms with van der Waals surface area (Å²) in [6, 6.07) is 2.98. The topological polar surface area (TPSA) is 81.3 Å². The summed E-state index contributed by atoms with van der Waals surface area (Å²) in [7, 11) is 1.33. The van der Waals surface area contributed by atoms with Gasteiger partial charge in [0.25, 0.3) is 0 Å². The Morgan fingerprint density at radius 3 is 2.72 bits per heavy atom. The van der Waals surface area contributed by atoms with Crippen molar-refractivity contribution < 1.29 is 23.5 Å². The van der Waals surface area contributed by atoms with Crippen LogP contribution in [0.2, 0.25) is 0 Å². The van der Waals surface area contributed by atoms with Crippen LogP contribution in [-0.4, -0.2) is 35.7 Å². The number of esters is 2. The fourth-order valence-electron chi connectivity index (χ4n) is 2.85. The minimum atomic E-state index is -0.547. The van der Waals surface area contributed by atoms with Crippen molar-refractivity contribution in [2.45, 2.75) is 26.8 Å². The Hall–Kier alpha value is -2.48. The van der Waals surface area contributed by atoms with Crippen LogP contribution in [0, 0.1) is 0 Å². The quantitative estimate of drug-likeness (QED) is 0.762. The number of ether oxygens (including phenoxy) is 2. The lowest BCUT2D eigenvalue weighted by Gasteiger charge is -2.33. The lowest BCUT2D eigenvalue weighted by molar-refractivity contribution is -0.138. The lowest BCUT2D eigenvalue weighted by Crippen LogP contribution is -2.35. The van der Waals surface area contributed by atoms with Crippen molar-refractivity contribution >= 4 is 28.9 Å². The first-order valence-corrected chi connectivity index (χ1v) is 8.57. The molecule has 1 aromatic rings. The zero-order chi connectivity index (χ0) is 18.1. The number of nitrogens with zero attached hydrogens (tertiary/aromatic N) is 2. The molecular formula is C17H18N2O5S. The molecule has 0 fully saturated rings. The molecule has 0 saturated heterocycles. The number of hydrogen-bond acceptors (Lipinski definition) is 8. The third-order valence-electron chi connectivity index (χ3n) is 3.95. The second-order valence-electron chi connectivity index (χ2n) is 5.41. The molecule has 1 aromatic heterocycles. The molecule has 0 saturated carbocycles. The van der Waals surface area contributed by atoms with Gasteiger partial charge < -0.3 is 18.8 Å². The van der Waals surface area contributed by atoms with Gasteiger partial charge in [0.15, 0.2) is 5.17 Å². The number of aliphatic imine (C=N–C) groups is 1. The highest BCUT2D eigenvalue weighted by Crippen LogP contribution is 2.47. The summed E-state index contributed by atoms with van der Waals surface area (Å²) in [5.41, 5.74) is 1.58. The molecule has 0 aromatic carbocycles. The minimum absolute atomic E-state index is 0.287. The van der Waals surface area contributed by atoms with Crippen molar-refractivity contribution in [1.29, 1.82) is 0 Å². The van der Waals surface area contributed by atoms with E-state index >= 15 is 0 Å². The van der Waals surface area contributed by atoms with Crippen molar-refractivity contribution in [3.05, 3.63) is 46.0 Å². The molecule has 1 atom stereocenters. The standard InChI is InChI=1S/C17H18N2O5S/c1-5-23-16(21)14-10(3)19-13(11-7-6-8-24-11)12(15(20)22-4)9(2)18-17(19)25-14/h6-8,13H,5H2,1-4H3/t13-/m1/s1. The maximum atomic E-state index is 12.4. The molecule has 3 rings (SSSR count). The minimum Gasteiger partial charge on any atom is -0.467 e. The lowest BCUT2D eigenvalue weighted by atomic mass is 9.99. The van der Waals surface area contributed by atoms with Crippen molar-refractivity contribution in [1.82, 2.24) is 4.90 Å². The fourth-order valence-corrected chi connectivity index (χ4v) is 3.94. The van der Waals surface area contributed by atoms with Crippen LogP contribution >= 0.6 is 11.8 Å². The molecule has 0 N–H and O–H groups in total. The summed E-state index contributed by atoms with van der Waals surface area (Å²) in [5, 5.41) is 0.604. The third-order valence-corrected chi connectivity index (χ3v) is 5.09. The molecule has 132 valence electrons. The fraction of sp³-hybridized carbons (Fsp3) is 0.353. The number of methoxy groups -OCH3 is 1. The number of amidine groups is 1. The molecule has 3 heterocycles. The molecule has 0 radical (unpaired) electrons. The number of hydrogen-bond donors (Lipinski definition) is 0. The van der Waals surface area contributed by atoms with Crippen LogP contribution in [0.15, 0.2) is 49.7 Å². The van der Waals surface area contributed by atoms with E-state index in [1.807, 2.05) is 4.90 Å². The van der Waals surface area contributed by atoms with E-state index in [1.165, 1.54) is 18.9 Å². The second kappa shape index (κ2) is 6.79. The summed E-state index contributed by atoms with van der Waals surface area (Å²) < 4.78 is 15.6.